The van der Waals surface area contributed by atoms with E-state index in [9.17, 15) is 0 Å². The van der Waals surface area contributed by atoms with Crippen molar-refractivity contribution in [1.29, 1.82) is 0 Å². The number of hydrogen-bond donors (Lipinski definition) is 1. The number of hydrogen-bond acceptors (Lipinski definition) is 3. The molecule has 3 heteroatoms. The average molecular weight is 249 g/mol. The molecule has 0 aliphatic carbocycles. The largest absolute Gasteiger partial charge is 0.493 e. The Morgan fingerprint density at radius 3 is 2.39 bits per heavy atom. The van der Waals surface area contributed by atoms with Crippen LogP contribution in [0.25, 0.3) is 0 Å². The third-order valence-electron chi connectivity index (χ3n) is 4.11. The minimum Gasteiger partial charge on any atom is -0.493 e. The summed E-state index contributed by atoms with van der Waals surface area (Å²) < 4.78 is 11.1. The second-order valence-electron chi connectivity index (χ2n) is 5.37. The van der Waals surface area contributed by atoms with Crippen molar-refractivity contribution in [2.24, 2.45) is 11.3 Å². The lowest BCUT2D eigenvalue weighted by molar-refractivity contribution is 0.0666. The molecule has 0 atom stereocenters. The second kappa shape index (κ2) is 5.61. The van der Waals surface area contributed by atoms with Gasteiger partial charge in [-0.15, -0.1) is 0 Å². The molecule has 1 N–H and O–H groups in total. The van der Waals surface area contributed by atoms with Gasteiger partial charge in [0.25, 0.3) is 0 Å². The second-order valence-corrected chi connectivity index (χ2v) is 5.37. The average Bonchev–Trinajstić information content (AvgIpc) is 2.32. The minimum absolute atomic E-state index is 0.419. The van der Waals surface area contributed by atoms with Crippen molar-refractivity contribution in [3.63, 3.8) is 0 Å². The highest BCUT2D eigenvalue weighted by atomic mass is 16.5. The molecule has 1 aromatic rings. The lowest BCUT2D eigenvalue weighted by atomic mass is 9.70. The normalized spacial score (nSPS) is 17.3. The molecule has 1 aliphatic rings. The van der Waals surface area contributed by atoms with E-state index in [2.05, 4.69) is 19.2 Å². The molecular weight excluding hydrogens is 226 g/mol. The molecule has 2 rings (SSSR count). The lowest BCUT2D eigenvalue weighted by Crippen LogP contribution is -2.57. The van der Waals surface area contributed by atoms with Crippen LogP contribution in [-0.2, 0) is 0 Å². The fraction of sp³-hybridized carbons (Fsp3) is 0.600. The summed E-state index contributed by atoms with van der Waals surface area (Å²) in [6.07, 6.45) is 1.09. The van der Waals surface area contributed by atoms with Gasteiger partial charge in [-0.1, -0.05) is 26.0 Å². The summed E-state index contributed by atoms with van der Waals surface area (Å²) >= 11 is 0. The minimum atomic E-state index is 0.419. The summed E-state index contributed by atoms with van der Waals surface area (Å²) in [4.78, 5) is 0. The molecule has 1 aromatic carbocycles. The van der Waals surface area contributed by atoms with Gasteiger partial charge in [0.05, 0.1) is 13.7 Å². The van der Waals surface area contributed by atoms with Crippen molar-refractivity contribution in [2.75, 3.05) is 26.8 Å². The van der Waals surface area contributed by atoms with Gasteiger partial charge in [0.15, 0.2) is 11.5 Å². The number of rotatable bonds is 6. The molecule has 100 valence electrons. The van der Waals surface area contributed by atoms with E-state index in [-0.39, 0.29) is 0 Å². The van der Waals surface area contributed by atoms with Crippen molar-refractivity contribution in [3.05, 3.63) is 24.3 Å². The summed E-state index contributed by atoms with van der Waals surface area (Å²) in [5.41, 5.74) is 0.419. The first kappa shape index (κ1) is 13.2. The number of methoxy groups -OCH3 is 1. The third-order valence-corrected chi connectivity index (χ3v) is 4.11. The fourth-order valence-corrected chi connectivity index (χ4v) is 2.42. The predicted molar refractivity (Wildman–Crippen MR) is 73.2 cm³/mol. The van der Waals surface area contributed by atoms with Crippen LogP contribution >= 0.6 is 0 Å². The molecule has 0 saturated carbocycles. The van der Waals surface area contributed by atoms with Crippen LogP contribution in [-0.4, -0.2) is 26.8 Å². The standard InChI is InChI=1S/C15H23NO2/c1-12(2)15(10-16-11-15)8-9-18-14-7-5-4-6-13(14)17-3/h4-7,12,16H,8-11H2,1-3H3. The number of para-hydroxylation sites is 2. The molecule has 1 saturated heterocycles. The number of nitrogens with one attached hydrogen (secondary N) is 1. The molecule has 1 fully saturated rings. The molecule has 0 spiro atoms. The van der Waals surface area contributed by atoms with Crippen LogP contribution in [0.15, 0.2) is 24.3 Å². The zero-order valence-corrected chi connectivity index (χ0v) is 11.5. The highest BCUT2D eigenvalue weighted by Gasteiger charge is 2.39. The van der Waals surface area contributed by atoms with Gasteiger partial charge < -0.3 is 14.8 Å². The van der Waals surface area contributed by atoms with E-state index in [0.29, 0.717) is 11.3 Å². The molecule has 1 heterocycles. The molecule has 18 heavy (non-hydrogen) atoms. The maximum Gasteiger partial charge on any atom is 0.161 e. The van der Waals surface area contributed by atoms with Gasteiger partial charge in [-0.3, -0.25) is 0 Å². The SMILES string of the molecule is COc1ccccc1OCCC1(C(C)C)CNC1. The van der Waals surface area contributed by atoms with Gasteiger partial charge in [-0.25, -0.2) is 0 Å². The Morgan fingerprint density at radius 1 is 1.22 bits per heavy atom. The van der Waals surface area contributed by atoms with Gasteiger partial charge in [0.1, 0.15) is 0 Å². The molecule has 3 nitrogen and oxygen atoms in total. The molecule has 0 bridgehead atoms. The Balaban J connectivity index is 1.88. The van der Waals surface area contributed by atoms with Gasteiger partial charge in [-0.05, 0) is 24.5 Å². The zero-order valence-electron chi connectivity index (χ0n) is 11.5. The monoisotopic (exact) mass is 249 g/mol. The molecule has 0 aromatic heterocycles. The first-order valence-electron chi connectivity index (χ1n) is 6.64. The topological polar surface area (TPSA) is 30.5 Å². The maximum absolute atomic E-state index is 5.86. The Labute approximate surface area is 109 Å². The number of benzene rings is 1. The maximum atomic E-state index is 5.86. The van der Waals surface area contributed by atoms with Crippen molar-refractivity contribution < 1.29 is 9.47 Å². The third kappa shape index (κ3) is 2.61. The fourth-order valence-electron chi connectivity index (χ4n) is 2.42. The van der Waals surface area contributed by atoms with Crippen LogP contribution in [0.5, 0.6) is 11.5 Å². The molecule has 0 amide bonds. The Hall–Kier alpha value is -1.22. The molecule has 0 unspecified atom stereocenters. The summed E-state index contributed by atoms with van der Waals surface area (Å²) in [6, 6.07) is 7.82. The van der Waals surface area contributed by atoms with E-state index in [1.165, 1.54) is 0 Å². The highest BCUT2D eigenvalue weighted by molar-refractivity contribution is 5.39. The predicted octanol–water partition coefficient (Wildman–Crippen LogP) is 2.71. The van der Waals surface area contributed by atoms with E-state index >= 15 is 0 Å². The van der Waals surface area contributed by atoms with Gasteiger partial charge >= 0.3 is 0 Å². The van der Waals surface area contributed by atoms with E-state index in [1.54, 1.807) is 7.11 Å². The summed E-state index contributed by atoms with van der Waals surface area (Å²) in [5.74, 6) is 2.34. The quantitative estimate of drug-likeness (QED) is 0.841. The van der Waals surface area contributed by atoms with Crippen molar-refractivity contribution in [2.45, 2.75) is 20.3 Å². The Kier molecular flexibility index (Phi) is 4.12. The summed E-state index contributed by atoms with van der Waals surface area (Å²) in [5, 5.41) is 3.37. The highest BCUT2D eigenvalue weighted by Crippen LogP contribution is 2.36. The Morgan fingerprint density at radius 2 is 1.89 bits per heavy atom. The van der Waals surface area contributed by atoms with Gasteiger partial charge in [0, 0.05) is 18.5 Å². The van der Waals surface area contributed by atoms with Gasteiger partial charge in [-0.2, -0.15) is 0 Å². The Bertz CT molecular complexity index is 386. The van der Waals surface area contributed by atoms with E-state index < -0.39 is 0 Å². The lowest BCUT2D eigenvalue weighted by Gasteiger charge is -2.46. The molecule has 1 aliphatic heterocycles. The van der Waals surface area contributed by atoms with Crippen LogP contribution in [0.4, 0.5) is 0 Å². The summed E-state index contributed by atoms with van der Waals surface area (Å²) in [7, 11) is 1.67. The van der Waals surface area contributed by atoms with Crippen LogP contribution < -0.4 is 14.8 Å². The smallest absolute Gasteiger partial charge is 0.161 e. The first-order chi connectivity index (χ1) is 8.68. The van der Waals surface area contributed by atoms with E-state index in [4.69, 9.17) is 9.47 Å². The van der Waals surface area contributed by atoms with Crippen LogP contribution in [0, 0.1) is 11.3 Å². The van der Waals surface area contributed by atoms with Crippen molar-refractivity contribution >= 4 is 0 Å². The zero-order chi connectivity index (χ0) is 13.0. The van der Waals surface area contributed by atoms with Crippen LogP contribution in [0.1, 0.15) is 20.3 Å². The van der Waals surface area contributed by atoms with Crippen molar-refractivity contribution in [3.8, 4) is 11.5 Å². The first-order valence-corrected chi connectivity index (χ1v) is 6.64. The van der Waals surface area contributed by atoms with Crippen LogP contribution in [0.2, 0.25) is 0 Å². The molecular formula is C15H23NO2. The van der Waals surface area contributed by atoms with E-state index in [1.807, 2.05) is 24.3 Å². The number of ether oxygens (including phenoxy) is 2. The summed E-state index contributed by atoms with van der Waals surface area (Å²) in [6.45, 7) is 7.56. The van der Waals surface area contributed by atoms with E-state index in [0.717, 1.165) is 37.6 Å². The van der Waals surface area contributed by atoms with Crippen LogP contribution in [0.3, 0.4) is 0 Å². The van der Waals surface area contributed by atoms with Crippen molar-refractivity contribution in [1.82, 2.24) is 5.32 Å². The van der Waals surface area contributed by atoms with Gasteiger partial charge in [0.2, 0.25) is 0 Å². The molecule has 0 radical (unpaired) electrons.